The summed E-state index contributed by atoms with van der Waals surface area (Å²) in [4.78, 5) is 43.2. The maximum absolute atomic E-state index is 11.3. The van der Waals surface area contributed by atoms with Gasteiger partial charge in [-0.05, 0) is 13.3 Å². The second-order valence-corrected chi connectivity index (χ2v) is 3.56. The van der Waals surface area contributed by atoms with Crippen LogP contribution in [0.25, 0.3) is 0 Å². The van der Waals surface area contributed by atoms with Gasteiger partial charge in [-0.1, -0.05) is 0 Å². The molecule has 0 aliphatic rings. The van der Waals surface area contributed by atoms with Crippen molar-refractivity contribution >= 4 is 24.3 Å². The number of hydrogen-bond acceptors (Lipinski definition) is 5. The van der Waals surface area contributed by atoms with Gasteiger partial charge >= 0.3 is 12.1 Å². The van der Waals surface area contributed by atoms with E-state index in [9.17, 15) is 19.2 Å². The number of ether oxygens (including phenoxy) is 1. The normalized spacial score (nSPS) is 13.0. The van der Waals surface area contributed by atoms with Gasteiger partial charge in [0, 0.05) is 6.42 Å². The molecule has 8 heteroatoms. The molecule has 0 aliphatic carbocycles. The fourth-order valence-electron chi connectivity index (χ4n) is 1.09. The first-order chi connectivity index (χ1) is 8.40. The lowest BCUT2D eigenvalue weighted by Crippen LogP contribution is -2.42. The van der Waals surface area contributed by atoms with Crippen LogP contribution in [-0.4, -0.2) is 48.6 Å². The van der Waals surface area contributed by atoms with E-state index in [1.807, 2.05) is 0 Å². The van der Waals surface area contributed by atoms with Gasteiger partial charge < -0.3 is 25.3 Å². The van der Waals surface area contributed by atoms with Crippen molar-refractivity contribution in [2.45, 2.75) is 31.8 Å². The zero-order valence-corrected chi connectivity index (χ0v) is 10.1. The van der Waals surface area contributed by atoms with E-state index >= 15 is 0 Å². The molecule has 0 unspecified atom stereocenters. The largest absolute Gasteiger partial charge is 0.480 e. The zero-order chi connectivity index (χ0) is 14.1. The number of nitrogens with one attached hydrogen (secondary N) is 2. The van der Waals surface area contributed by atoms with E-state index < -0.39 is 30.1 Å². The summed E-state index contributed by atoms with van der Waals surface area (Å²) in [6, 6.07) is -1.84. The number of hydrogen-bond donors (Lipinski definition) is 3. The van der Waals surface area contributed by atoms with E-state index in [1.54, 1.807) is 0 Å². The summed E-state index contributed by atoms with van der Waals surface area (Å²) in [7, 11) is 1.10. The molecule has 0 aliphatic heterocycles. The molecule has 102 valence electrons. The number of carbonyl (C=O) groups excluding carboxylic acids is 3. The SMILES string of the molecule is COC(=O)N[C@@H](CCC(=O)N[C@@H](C)C=O)C(=O)O. The zero-order valence-electron chi connectivity index (χ0n) is 10.1. The average molecular weight is 260 g/mol. The molecule has 0 saturated carbocycles. The fraction of sp³-hybridized carbons (Fsp3) is 0.600. The predicted octanol–water partition coefficient (Wildman–Crippen LogP) is -0.721. The Bertz CT molecular complexity index is 330. The Labute approximate surface area is 104 Å². The van der Waals surface area contributed by atoms with Gasteiger partial charge in [0.25, 0.3) is 0 Å². The van der Waals surface area contributed by atoms with Crippen LogP contribution in [0, 0.1) is 0 Å². The quantitative estimate of drug-likeness (QED) is 0.519. The van der Waals surface area contributed by atoms with Gasteiger partial charge in [-0.15, -0.1) is 0 Å². The van der Waals surface area contributed by atoms with E-state index in [0.717, 1.165) is 7.11 Å². The summed E-state index contributed by atoms with van der Waals surface area (Å²) in [6.07, 6.45) is -0.552. The standard InChI is InChI=1S/C10H16N2O6/c1-6(5-13)11-8(14)4-3-7(9(15)16)12-10(17)18-2/h5-7H,3-4H2,1-2H3,(H,11,14)(H,12,17)(H,15,16)/t6-,7-/m0/s1. The smallest absolute Gasteiger partial charge is 0.407 e. The molecule has 2 amide bonds. The highest BCUT2D eigenvalue weighted by Gasteiger charge is 2.21. The maximum atomic E-state index is 11.3. The third kappa shape index (κ3) is 6.46. The van der Waals surface area contributed by atoms with Crippen LogP contribution in [0.3, 0.4) is 0 Å². The molecule has 0 rings (SSSR count). The Morgan fingerprint density at radius 3 is 2.39 bits per heavy atom. The topological polar surface area (TPSA) is 122 Å². The van der Waals surface area contributed by atoms with Crippen molar-refractivity contribution < 1.29 is 29.0 Å². The van der Waals surface area contributed by atoms with Crippen molar-refractivity contribution in [2.24, 2.45) is 0 Å². The van der Waals surface area contributed by atoms with E-state index in [4.69, 9.17) is 5.11 Å². The molecule has 3 N–H and O–H groups in total. The van der Waals surface area contributed by atoms with Crippen LogP contribution in [-0.2, 0) is 19.1 Å². The monoisotopic (exact) mass is 260 g/mol. The molecule has 0 aromatic heterocycles. The highest BCUT2D eigenvalue weighted by Crippen LogP contribution is 1.99. The van der Waals surface area contributed by atoms with Crippen molar-refractivity contribution in [3.63, 3.8) is 0 Å². The first kappa shape index (κ1) is 15.9. The number of amides is 2. The summed E-state index contributed by atoms with van der Waals surface area (Å²) >= 11 is 0. The predicted molar refractivity (Wildman–Crippen MR) is 59.9 cm³/mol. The van der Waals surface area contributed by atoms with Gasteiger partial charge in [0.15, 0.2) is 0 Å². The summed E-state index contributed by atoms with van der Waals surface area (Å²) in [5.41, 5.74) is 0. The van der Waals surface area contributed by atoms with Crippen molar-refractivity contribution in [2.75, 3.05) is 7.11 Å². The number of alkyl carbamates (subject to hydrolysis) is 1. The minimum absolute atomic E-state index is 0.0954. The summed E-state index contributed by atoms with van der Waals surface area (Å²) in [6.45, 7) is 1.49. The average Bonchev–Trinajstić information content (AvgIpc) is 2.33. The third-order valence-electron chi connectivity index (χ3n) is 2.03. The summed E-state index contributed by atoms with van der Waals surface area (Å²) in [5.74, 6) is -1.73. The van der Waals surface area contributed by atoms with Gasteiger partial charge in [-0.3, -0.25) is 4.79 Å². The minimum Gasteiger partial charge on any atom is -0.480 e. The van der Waals surface area contributed by atoms with Crippen molar-refractivity contribution in [3.8, 4) is 0 Å². The first-order valence-electron chi connectivity index (χ1n) is 5.22. The molecular weight excluding hydrogens is 244 g/mol. The van der Waals surface area contributed by atoms with Crippen LogP contribution >= 0.6 is 0 Å². The molecule has 0 aromatic rings. The Morgan fingerprint density at radius 1 is 1.33 bits per heavy atom. The molecule has 0 bridgehead atoms. The van der Waals surface area contributed by atoms with E-state index in [1.165, 1.54) is 6.92 Å². The van der Waals surface area contributed by atoms with E-state index in [2.05, 4.69) is 15.4 Å². The van der Waals surface area contributed by atoms with Crippen molar-refractivity contribution in [1.82, 2.24) is 10.6 Å². The minimum atomic E-state index is -1.27. The number of aliphatic carboxylic acids is 1. The number of carbonyl (C=O) groups is 4. The molecule has 0 heterocycles. The second-order valence-electron chi connectivity index (χ2n) is 3.56. The number of aldehydes is 1. The van der Waals surface area contributed by atoms with Crippen molar-refractivity contribution in [1.29, 1.82) is 0 Å². The lowest BCUT2D eigenvalue weighted by molar-refractivity contribution is -0.139. The molecule has 8 nitrogen and oxygen atoms in total. The maximum Gasteiger partial charge on any atom is 0.407 e. The lowest BCUT2D eigenvalue weighted by atomic mass is 10.1. The number of carboxylic acid groups (broad SMARTS) is 1. The lowest BCUT2D eigenvalue weighted by Gasteiger charge is -2.13. The first-order valence-corrected chi connectivity index (χ1v) is 5.22. The van der Waals surface area contributed by atoms with Gasteiger partial charge in [0.05, 0.1) is 13.2 Å². The number of methoxy groups -OCH3 is 1. The third-order valence-corrected chi connectivity index (χ3v) is 2.03. The Kier molecular flexibility index (Phi) is 7.10. The van der Waals surface area contributed by atoms with Crippen LogP contribution < -0.4 is 10.6 Å². The molecule has 0 radical (unpaired) electrons. The van der Waals surface area contributed by atoms with Crippen LogP contribution in [0.2, 0.25) is 0 Å². The molecule has 0 spiro atoms. The van der Waals surface area contributed by atoms with E-state index in [-0.39, 0.29) is 12.8 Å². The summed E-state index contributed by atoms with van der Waals surface area (Å²) < 4.78 is 4.26. The van der Waals surface area contributed by atoms with Crippen LogP contribution in [0.1, 0.15) is 19.8 Å². The Balaban J connectivity index is 4.19. The number of rotatable bonds is 7. The highest BCUT2D eigenvalue weighted by molar-refractivity contribution is 5.82. The van der Waals surface area contributed by atoms with Crippen molar-refractivity contribution in [3.05, 3.63) is 0 Å². The summed E-state index contributed by atoms with van der Waals surface area (Å²) in [5, 5.41) is 13.2. The van der Waals surface area contributed by atoms with Gasteiger partial charge in [-0.2, -0.15) is 0 Å². The van der Waals surface area contributed by atoms with Gasteiger partial charge in [0.1, 0.15) is 12.3 Å². The van der Waals surface area contributed by atoms with Gasteiger partial charge in [-0.25, -0.2) is 9.59 Å². The molecule has 18 heavy (non-hydrogen) atoms. The molecule has 0 saturated heterocycles. The molecular formula is C10H16N2O6. The fourth-order valence-corrected chi connectivity index (χ4v) is 1.09. The van der Waals surface area contributed by atoms with Crippen LogP contribution in [0.15, 0.2) is 0 Å². The molecule has 2 atom stereocenters. The highest BCUT2D eigenvalue weighted by atomic mass is 16.5. The number of carboxylic acids is 1. The van der Waals surface area contributed by atoms with Crippen LogP contribution in [0.5, 0.6) is 0 Å². The Hall–Kier alpha value is -2.12. The molecule has 0 fully saturated rings. The second kappa shape index (κ2) is 8.04. The molecule has 0 aromatic carbocycles. The van der Waals surface area contributed by atoms with E-state index in [0.29, 0.717) is 6.29 Å². The van der Waals surface area contributed by atoms with Gasteiger partial charge in [0.2, 0.25) is 5.91 Å². The van der Waals surface area contributed by atoms with Crippen LogP contribution in [0.4, 0.5) is 4.79 Å². The Morgan fingerprint density at radius 2 is 1.94 bits per heavy atom.